The summed E-state index contributed by atoms with van der Waals surface area (Å²) in [5.74, 6) is -0.0395. The van der Waals surface area contributed by atoms with Crippen molar-refractivity contribution < 1.29 is 9.53 Å². The third-order valence-corrected chi connectivity index (χ3v) is 3.32. The van der Waals surface area contributed by atoms with Crippen LogP contribution in [-0.2, 0) is 9.53 Å². The van der Waals surface area contributed by atoms with Crippen molar-refractivity contribution in [2.75, 3.05) is 6.54 Å². The number of halogens is 1. The second-order valence-electron chi connectivity index (χ2n) is 4.70. The van der Waals surface area contributed by atoms with E-state index in [1.807, 2.05) is 37.3 Å². The number of nitrogens with one attached hydrogen (secondary N) is 1. The SMILES string of the molecule is CC(NC(=O)[C@@H]1CC[C@H](CN)O1)c1ccccc1.Cl. The molecule has 1 saturated heterocycles. The largest absolute Gasteiger partial charge is 0.364 e. The van der Waals surface area contributed by atoms with Crippen LogP contribution in [0, 0.1) is 0 Å². The van der Waals surface area contributed by atoms with Crippen LogP contribution in [0.2, 0.25) is 0 Å². The first-order chi connectivity index (χ1) is 8.70. The van der Waals surface area contributed by atoms with Crippen LogP contribution in [0.25, 0.3) is 0 Å². The van der Waals surface area contributed by atoms with Crippen molar-refractivity contribution in [3.8, 4) is 0 Å². The lowest BCUT2D eigenvalue weighted by atomic mass is 10.1. The lowest BCUT2D eigenvalue weighted by molar-refractivity contribution is -0.132. The Bertz CT molecular complexity index is 400. The second-order valence-corrected chi connectivity index (χ2v) is 4.70. The molecule has 5 heteroatoms. The topological polar surface area (TPSA) is 64.4 Å². The van der Waals surface area contributed by atoms with Gasteiger partial charge in [-0.15, -0.1) is 12.4 Å². The summed E-state index contributed by atoms with van der Waals surface area (Å²) in [6.07, 6.45) is 1.32. The van der Waals surface area contributed by atoms with Gasteiger partial charge in [0.05, 0.1) is 12.1 Å². The number of hydrogen-bond acceptors (Lipinski definition) is 3. The van der Waals surface area contributed by atoms with E-state index >= 15 is 0 Å². The first-order valence-corrected chi connectivity index (χ1v) is 6.41. The Morgan fingerprint density at radius 3 is 2.68 bits per heavy atom. The lowest BCUT2D eigenvalue weighted by Crippen LogP contribution is -2.36. The maximum absolute atomic E-state index is 12.0. The van der Waals surface area contributed by atoms with Gasteiger partial charge in [0, 0.05) is 6.54 Å². The average molecular weight is 285 g/mol. The highest BCUT2D eigenvalue weighted by atomic mass is 35.5. The summed E-state index contributed by atoms with van der Waals surface area (Å²) < 4.78 is 5.57. The Balaban J connectivity index is 0.00000180. The first kappa shape index (κ1) is 16.0. The number of rotatable bonds is 4. The van der Waals surface area contributed by atoms with Crippen LogP contribution in [0.5, 0.6) is 0 Å². The van der Waals surface area contributed by atoms with Gasteiger partial charge in [0.15, 0.2) is 0 Å². The third-order valence-electron chi connectivity index (χ3n) is 3.32. The highest BCUT2D eigenvalue weighted by Gasteiger charge is 2.30. The van der Waals surface area contributed by atoms with Crippen LogP contribution >= 0.6 is 12.4 Å². The molecule has 1 aliphatic rings. The maximum atomic E-state index is 12.0. The van der Waals surface area contributed by atoms with Gasteiger partial charge in [-0.05, 0) is 25.3 Å². The average Bonchev–Trinajstić information content (AvgIpc) is 2.88. The molecule has 1 unspecified atom stereocenters. The molecule has 1 heterocycles. The van der Waals surface area contributed by atoms with E-state index in [0.717, 1.165) is 18.4 Å². The third kappa shape index (κ3) is 4.20. The van der Waals surface area contributed by atoms with Crippen LogP contribution in [0.1, 0.15) is 31.4 Å². The fourth-order valence-corrected chi connectivity index (χ4v) is 2.20. The minimum absolute atomic E-state index is 0. The van der Waals surface area contributed by atoms with Crippen molar-refractivity contribution >= 4 is 18.3 Å². The van der Waals surface area contributed by atoms with E-state index in [0.29, 0.717) is 6.54 Å². The number of benzene rings is 1. The summed E-state index contributed by atoms with van der Waals surface area (Å²) in [6, 6.07) is 9.90. The first-order valence-electron chi connectivity index (χ1n) is 6.41. The molecule has 1 aromatic carbocycles. The van der Waals surface area contributed by atoms with Gasteiger partial charge in [0.2, 0.25) is 5.91 Å². The molecule has 1 aromatic rings. The van der Waals surface area contributed by atoms with Crippen LogP contribution in [0.4, 0.5) is 0 Å². The Morgan fingerprint density at radius 1 is 1.42 bits per heavy atom. The molecule has 1 amide bonds. The fraction of sp³-hybridized carbons (Fsp3) is 0.500. The molecular formula is C14H21ClN2O2. The zero-order valence-electron chi connectivity index (χ0n) is 11.0. The zero-order chi connectivity index (χ0) is 13.0. The van der Waals surface area contributed by atoms with E-state index in [9.17, 15) is 4.79 Å². The number of hydrogen-bond donors (Lipinski definition) is 2. The predicted octanol–water partition coefficient (Wildman–Crippen LogP) is 1.79. The molecule has 0 saturated carbocycles. The number of nitrogens with two attached hydrogens (primary N) is 1. The van der Waals surface area contributed by atoms with Gasteiger partial charge < -0.3 is 15.8 Å². The molecule has 0 aliphatic carbocycles. The van der Waals surface area contributed by atoms with Gasteiger partial charge in [0.1, 0.15) is 6.10 Å². The maximum Gasteiger partial charge on any atom is 0.249 e. The van der Waals surface area contributed by atoms with Gasteiger partial charge in [-0.2, -0.15) is 0 Å². The van der Waals surface area contributed by atoms with Crippen LogP contribution in [-0.4, -0.2) is 24.7 Å². The van der Waals surface area contributed by atoms with Crippen molar-refractivity contribution in [1.29, 1.82) is 0 Å². The van der Waals surface area contributed by atoms with E-state index in [1.54, 1.807) is 0 Å². The highest BCUT2D eigenvalue weighted by molar-refractivity contribution is 5.85. The van der Waals surface area contributed by atoms with Crippen LogP contribution in [0.3, 0.4) is 0 Å². The molecule has 19 heavy (non-hydrogen) atoms. The lowest BCUT2D eigenvalue weighted by Gasteiger charge is -2.18. The number of ether oxygens (including phenoxy) is 1. The molecule has 3 N–H and O–H groups in total. The minimum atomic E-state index is -0.343. The number of amides is 1. The molecule has 1 aliphatic heterocycles. The number of carbonyl (C=O) groups is 1. The van der Waals surface area contributed by atoms with E-state index < -0.39 is 0 Å². The zero-order valence-corrected chi connectivity index (χ0v) is 11.9. The van der Waals surface area contributed by atoms with Crippen molar-refractivity contribution in [3.63, 3.8) is 0 Å². The predicted molar refractivity (Wildman–Crippen MR) is 77.2 cm³/mol. The summed E-state index contributed by atoms with van der Waals surface area (Å²) in [6.45, 7) is 2.46. The summed E-state index contributed by atoms with van der Waals surface area (Å²) in [5, 5.41) is 2.98. The summed E-state index contributed by atoms with van der Waals surface area (Å²) >= 11 is 0. The second kappa shape index (κ2) is 7.48. The van der Waals surface area contributed by atoms with E-state index in [1.165, 1.54) is 0 Å². The van der Waals surface area contributed by atoms with Crippen molar-refractivity contribution in [2.45, 2.75) is 38.0 Å². The molecular weight excluding hydrogens is 264 g/mol. The van der Waals surface area contributed by atoms with Gasteiger partial charge in [-0.25, -0.2) is 0 Å². The van der Waals surface area contributed by atoms with Crippen molar-refractivity contribution in [3.05, 3.63) is 35.9 Å². The van der Waals surface area contributed by atoms with E-state index in [-0.39, 0.29) is 36.6 Å². The van der Waals surface area contributed by atoms with Gasteiger partial charge in [0.25, 0.3) is 0 Å². The molecule has 0 radical (unpaired) electrons. The van der Waals surface area contributed by atoms with Crippen molar-refractivity contribution in [2.24, 2.45) is 5.73 Å². The van der Waals surface area contributed by atoms with E-state index in [4.69, 9.17) is 10.5 Å². The van der Waals surface area contributed by atoms with Gasteiger partial charge >= 0.3 is 0 Å². The molecule has 3 atom stereocenters. The van der Waals surface area contributed by atoms with E-state index in [2.05, 4.69) is 5.32 Å². The Kier molecular flexibility index (Phi) is 6.28. The summed E-state index contributed by atoms with van der Waals surface area (Å²) in [7, 11) is 0. The number of carbonyl (C=O) groups excluding carboxylic acids is 1. The quantitative estimate of drug-likeness (QED) is 0.886. The smallest absolute Gasteiger partial charge is 0.249 e. The van der Waals surface area contributed by atoms with Gasteiger partial charge in [-0.1, -0.05) is 30.3 Å². The molecule has 2 rings (SSSR count). The fourth-order valence-electron chi connectivity index (χ4n) is 2.20. The molecule has 0 bridgehead atoms. The highest BCUT2D eigenvalue weighted by Crippen LogP contribution is 2.20. The normalized spacial score (nSPS) is 23.5. The van der Waals surface area contributed by atoms with Crippen LogP contribution < -0.4 is 11.1 Å². The van der Waals surface area contributed by atoms with Gasteiger partial charge in [-0.3, -0.25) is 4.79 Å². The summed E-state index contributed by atoms with van der Waals surface area (Å²) in [4.78, 5) is 12.0. The standard InChI is InChI=1S/C14H20N2O2.ClH/c1-10(11-5-3-2-4-6-11)16-14(17)13-8-7-12(9-15)18-13;/h2-6,10,12-13H,7-9,15H2,1H3,(H,16,17);1H/t10?,12-,13+;/m1./s1. The Morgan fingerprint density at radius 2 is 2.11 bits per heavy atom. The minimum Gasteiger partial charge on any atom is -0.364 e. The van der Waals surface area contributed by atoms with Crippen molar-refractivity contribution in [1.82, 2.24) is 5.32 Å². The molecule has 0 aromatic heterocycles. The Labute approximate surface area is 120 Å². The van der Waals surface area contributed by atoms with Crippen LogP contribution in [0.15, 0.2) is 30.3 Å². The molecule has 0 spiro atoms. The molecule has 4 nitrogen and oxygen atoms in total. The monoisotopic (exact) mass is 284 g/mol. The summed E-state index contributed by atoms with van der Waals surface area (Å²) in [5.41, 5.74) is 6.63. The Hall–Kier alpha value is -1.10. The molecule has 106 valence electrons. The molecule has 1 fully saturated rings.